The number of aryl methyl sites for hydroxylation is 1. The molecule has 19 heavy (non-hydrogen) atoms. The van der Waals surface area contributed by atoms with E-state index >= 15 is 0 Å². The Morgan fingerprint density at radius 1 is 1.11 bits per heavy atom. The van der Waals surface area contributed by atoms with Crippen LogP contribution < -0.4 is 0 Å². The minimum atomic E-state index is -1.08. The summed E-state index contributed by atoms with van der Waals surface area (Å²) in [5, 5.41) is 9.98. The summed E-state index contributed by atoms with van der Waals surface area (Å²) in [6.07, 6.45) is -1.18. The lowest BCUT2D eigenvalue weighted by molar-refractivity contribution is 0.176. The second-order valence-electron chi connectivity index (χ2n) is 4.49. The predicted molar refractivity (Wildman–Crippen MR) is 66.2 cm³/mol. The Bertz CT molecular complexity index is 576. The summed E-state index contributed by atoms with van der Waals surface area (Å²) in [5.74, 6) is -2.40. The van der Waals surface area contributed by atoms with Gasteiger partial charge in [0.05, 0.1) is 6.10 Å². The maximum Gasteiger partial charge on any atom is 0.162 e. The van der Waals surface area contributed by atoms with Gasteiger partial charge in [-0.25, -0.2) is 13.2 Å². The Hall–Kier alpha value is -1.81. The number of hydrogen-bond acceptors (Lipinski definition) is 1. The van der Waals surface area contributed by atoms with Gasteiger partial charge >= 0.3 is 0 Å². The van der Waals surface area contributed by atoms with Gasteiger partial charge in [0.15, 0.2) is 11.6 Å². The van der Waals surface area contributed by atoms with Gasteiger partial charge in [0, 0.05) is 6.42 Å². The summed E-state index contributed by atoms with van der Waals surface area (Å²) in [7, 11) is 0. The molecule has 1 nitrogen and oxygen atoms in total. The van der Waals surface area contributed by atoms with E-state index in [4.69, 9.17) is 0 Å². The van der Waals surface area contributed by atoms with E-state index in [9.17, 15) is 18.3 Å². The minimum absolute atomic E-state index is 0.0643. The smallest absolute Gasteiger partial charge is 0.162 e. The number of benzene rings is 2. The molecular formula is C15H13F3O. The van der Waals surface area contributed by atoms with E-state index in [-0.39, 0.29) is 12.0 Å². The molecule has 0 saturated carbocycles. The van der Waals surface area contributed by atoms with E-state index < -0.39 is 23.6 Å². The van der Waals surface area contributed by atoms with Crippen molar-refractivity contribution in [3.8, 4) is 0 Å². The number of rotatable bonds is 3. The molecule has 2 rings (SSSR count). The van der Waals surface area contributed by atoms with Crippen LogP contribution in [0, 0.1) is 24.4 Å². The Kier molecular flexibility index (Phi) is 3.90. The molecule has 0 spiro atoms. The first-order valence-corrected chi connectivity index (χ1v) is 5.85. The largest absolute Gasteiger partial charge is 0.388 e. The Balaban J connectivity index is 2.25. The van der Waals surface area contributed by atoms with Crippen molar-refractivity contribution in [1.82, 2.24) is 0 Å². The van der Waals surface area contributed by atoms with Crippen LogP contribution in [0.1, 0.15) is 22.8 Å². The fourth-order valence-electron chi connectivity index (χ4n) is 1.99. The summed E-state index contributed by atoms with van der Waals surface area (Å²) < 4.78 is 39.7. The van der Waals surface area contributed by atoms with E-state index in [1.54, 1.807) is 13.0 Å². The van der Waals surface area contributed by atoms with Crippen molar-refractivity contribution in [3.05, 3.63) is 70.5 Å². The Morgan fingerprint density at radius 3 is 2.53 bits per heavy atom. The average molecular weight is 266 g/mol. The fraction of sp³-hybridized carbons (Fsp3) is 0.200. The van der Waals surface area contributed by atoms with Gasteiger partial charge in [-0.3, -0.25) is 0 Å². The molecule has 1 unspecified atom stereocenters. The van der Waals surface area contributed by atoms with Crippen molar-refractivity contribution in [1.29, 1.82) is 0 Å². The number of halogens is 3. The highest BCUT2D eigenvalue weighted by Gasteiger charge is 2.15. The fourth-order valence-corrected chi connectivity index (χ4v) is 1.99. The number of aliphatic hydroxyl groups excluding tert-OH is 1. The predicted octanol–water partition coefficient (Wildman–Crippen LogP) is 3.69. The first-order valence-electron chi connectivity index (χ1n) is 5.85. The highest BCUT2D eigenvalue weighted by molar-refractivity contribution is 5.28. The van der Waals surface area contributed by atoms with Crippen molar-refractivity contribution in [3.63, 3.8) is 0 Å². The molecule has 100 valence electrons. The molecule has 4 heteroatoms. The molecule has 0 aliphatic heterocycles. The lowest BCUT2D eigenvalue weighted by Crippen LogP contribution is -2.05. The number of aliphatic hydroxyl groups is 1. The van der Waals surface area contributed by atoms with Crippen molar-refractivity contribution in [2.75, 3.05) is 0 Å². The van der Waals surface area contributed by atoms with E-state index in [1.165, 1.54) is 24.3 Å². The molecule has 2 aromatic rings. The van der Waals surface area contributed by atoms with Gasteiger partial charge < -0.3 is 5.11 Å². The zero-order valence-electron chi connectivity index (χ0n) is 10.3. The second kappa shape index (κ2) is 5.45. The van der Waals surface area contributed by atoms with Gasteiger partial charge in [-0.2, -0.15) is 0 Å². The molecule has 1 atom stereocenters. The normalized spacial score (nSPS) is 12.5. The maximum absolute atomic E-state index is 13.5. The van der Waals surface area contributed by atoms with E-state index in [0.29, 0.717) is 11.1 Å². The summed E-state index contributed by atoms with van der Waals surface area (Å²) in [6.45, 7) is 1.70. The summed E-state index contributed by atoms with van der Waals surface area (Å²) in [6, 6.07) is 7.92. The van der Waals surface area contributed by atoms with Crippen LogP contribution in [0.5, 0.6) is 0 Å². The molecule has 0 aromatic heterocycles. The van der Waals surface area contributed by atoms with E-state index in [0.717, 1.165) is 6.07 Å². The lowest BCUT2D eigenvalue weighted by atomic mass is 9.99. The van der Waals surface area contributed by atoms with Crippen LogP contribution >= 0.6 is 0 Å². The van der Waals surface area contributed by atoms with Crippen molar-refractivity contribution >= 4 is 0 Å². The quantitative estimate of drug-likeness (QED) is 0.898. The van der Waals surface area contributed by atoms with Crippen molar-refractivity contribution in [2.45, 2.75) is 19.4 Å². The van der Waals surface area contributed by atoms with Gasteiger partial charge in [0.2, 0.25) is 0 Å². The van der Waals surface area contributed by atoms with Gasteiger partial charge in [0.1, 0.15) is 5.82 Å². The Labute approximate surface area is 109 Å². The topological polar surface area (TPSA) is 20.2 Å². The van der Waals surface area contributed by atoms with Crippen LogP contribution in [-0.4, -0.2) is 5.11 Å². The monoisotopic (exact) mass is 266 g/mol. The SMILES string of the molecule is Cc1cc(F)cc(C(O)Cc2cccc(F)c2F)c1. The highest BCUT2D eigenvalue weighted by Crippen LogP contribution is 2.22. The molecule has 0 saturated heterocycles. The molecule has 0 fully saturated rings. The summed E-state index contributed by atoms with van der Waals surface area (Å²) in [5.41, 5.74) is 1.07. The third-order valence-corrected chi connectivity index (χ3v) is 2.89. The molecule has 0 radical (unpaired) electrons. The third kappa shape index (κ3) is 3.15. The maximum atomic E-state index is 13.5. The minimum Gasteiger partial charge on any atom is -0.388 e. The molecule has 1 N–H and O–H groups in total. The molecule has 0 bridgehead atoms. The van der Waals surface area contributed by atoms with Crippen LogP contribution in [0.4, 0.5) is 13.2 Å². The van der Waals surface area contributed by atoms with Crippen LogP contribution in [0.15, 0.2) is 36.4 Å². The van der Waals surface area contributed by atoms with Crippen LogP contribution in [0.2, 0.25) is 0 Å². The first-order chi connectivity index (χ1) is 8.97. The molecule has 0 aliphatic carbocycles. The first kappa shape index (κ1) is 13.6. The number of hydrogen-bond donors (Lipinski definition) is 1. The highest BCUT2D eigenvalue weighted by atomic mass is 19.2. The van der Waals surface area contributed by atoms with Gasteiger partial charge in [0.25, 0.3) is 0 Å². The second-order valence-corrected chi connectivity index (χ2v) is 4.49. The molecule has 0 heterocycles. The van der Waals surface area contributed by atoms with Gasteiger partial charge in [-0.15, -0.1) is 0 Å². The van der Waals surface area contributed by atoms with E-state index in [2.05, 4.69) is 0 Å². The Morgan fingerprint density at radius 2 is 1.84 bits per heavy atom. The van der Waals surface area contributed by atoms with Gasteiger partial charge in [-0.05, 0) is 41.8 Å². The standard InChI is InChI=1S/C15H13F3O/c1-9-5-11(7-12(16)6-9)14(19)8-10-3-2-4-13(17)15(10)18/h2-7,14,19H,8H2,1H3. The molecular weight excluding hydrogens is 253 g/mol. The molecule has 0 amide bonds. The third-order valence-electron chi connectivity index (χ3n) is 2.89. The summed E-state index contributed by atoms with van der Waals surface area (Å²) >= 11 is 0. The lowest BCUT2D eigenvalue weighted by Gasteiger charge is -2.13. The van der Waals surface area contributed by atoms with Gasteiger partial charge in [-0.1, -0.05) is 18.2 Å². The van der Waals surface area contributed by atoms with Crippen LogP contribution in [-0.2, 0) is 6.42 Å². The van der Waals surface area contributed by atoms with Crippen LogP contribution in [0.25, 0.3) is 0 Å². The zero-order chi connectivity index (χ0) is 14.0. The van der Waals surface area contributed by atoms with E-state index in [1.807, 2.05) is 0 Å². The molecule has 0 aliphatic rings. The molecule has 2 aromatic carbocycles. The van der Waals surface area contributed by atoms with Crippen LogP contribution in [0.3, 0.4) is 0 Å². The van der Waals surface area contributed by atoms with Crippen molar-refractivity contribution < 1.29 is 18.3 Å². The summed E-state index contributed by atoms with van der Waals surface area (Å²) in [4.78, 5) is 0. The zero-order valence-corrected chi connectivity index (χ0v) is 10.3. The average Bonchev–Trinajstić information content (AvgIpc) is 2.33. The van der Waals surface area contributed by atoms with Crippen molar-refractivity contribution in [2.24, 2.45) is 0 Å².